The van der Waals surface area contributed by atoms with Crippen LogP contribution >= 0.6 is 0 Å². The van der Waals surface area contributed by atoms with Gasteiger partial charge in [-0.05, 0) is 43.2 Å². The molecule has 0 saturated carbocycles. The number of methoxy groups -OCH3 is 1. The number of carbonyl (C=O) groups is 2. The summed E-state index contributed by atoms with van der Waals surface area (Å²) in [6.45, 7) is 3.03. The van der Waals surface area contributed by atoms with E-state index in [0.29, 0.717) is 43.1 Å². The van der Waals surface area contributed by atoms with Gasteiger partial charge in [-0.1, -0.05) is 24.3 Å². The van der Waals surface area contributed by atoms with E-state index >= 15 is 0 Å². The normalized spacial score (nSPS) is 18.1. The Morgan fingerprint density at radius 2 is 1.87 bits per heavy atom. The number of phenolic OH excluding ortho intramolecular Hbond substituents is 1. The van der Waals surface area contributed by atoms with E-state index in [2.05, 4.69) is 0 Å². The van der Waals surface area contributed by atoms with Gasteiger partial charge in [-0.15, -0.1) is 0 Å². The quantitative estimate of drug-likeness (QED) is 0.300. The molecule has 2 aromatic rings. The Morgan fingerprint density at radius 1 is 1.13 bits per heavy atom. The van der Waals surface area contributed by atoms with Crippen LogP contribution in [0, 0.1) is 0 Å². The number of likely N-dealkylation sites (tertiary alicyclic amines) is 1. The summed E-state index contributed by atoms with van der Waals surface area (Å²) in [5, 5.41) is 20.7. The summed E-state index contributed by atoms with van der Waals surface area (Å²) < 4.78 is 10.5. The highest BCUT2D eigenvalue weighted by Crippen LogP contribution is 2.40. The summed E-state index contributed by atoms with van der Waals surface area (Å²) in [6.07, 6.45) is 0.540. The Labute approximate surface area is 175 Å². The van der Waals surface area contributed by atoms with Gasteiger partial charge >= 0.3 is 0 Å². The first kappa shape index (κ1) is 21.4. The smallest absolute Gasteiger partial charge is 0.295 e. The van der Waals surface area contributed by atoms with Crippen molar-refractivity contribution in [2.75, 3.05) is 26.9 Å². The number of aliphatic hydroxyl groups is 1. The van der Waals surface area contributed by atoms with Gasteiger partial charge in [0.05, 0.1) is 18.2 Å². The number of ether oxygens (including phenoxy) is 2. The lowest BCUT2D eigenvalue weighted by Gasteiger charge is -2.25. The van der Waals surface area contributed by atoms with Crippen LogP contribution < -0.4 is 4.74 Å². The molecule has 30 heavy (non-hydrogen) atoms. The molecule has 7 heteroatoms. The molecule has 0 aromatic heterocycles. The topological polar surface area (TPSA) is 96.3 Å². The van der Waals surface area contributed by atoms with E-state index in [1.54, 1.807) is 43.5 Å². The first-order valence-electron chi connectivity index (χ1n) is 9.77. The molecular weight excluding hydrogens is 386 g/mol. The number of hydrogen-bond donors (Lipinski definition) is 2. The number of amides is 1. The van der Waals surface area contributed by atoms with E-state index in [-0.39, 0.29) is 17.1 Å². The standard InChI is InChI=1S/C23H25NO6/c1-3-30-18-7-4-6-16(14-18)21(26)19-20(15-8-10-17(25)11-9-15)24(12-5-13-29-2)23(28)22(19)27/h4,6-11,14,20,25-26H,3,5,12-13H2,1-2H3/b21-19+. The molecule has 0 bridgehead atoms. The van der Waals surface area contributed by atoms with Crippen LogP contribution in [-0.2, 0) is 14.3 Å². The second-order valence-electron chi connectivity index (χ2n) is 6.89. The molecule has 2 aromatic carbocycles. The fraction of sp³-hybridized carbons (Fsp3) is 0.304. The molecule has 1 amide bonds. The summed E-state index contributed by atoms with van der Waals surface area (Å²) >= 11 is 0. The highest BCUT2D eigenvalue weighted by atomic mass is 16.5. The van der Waals surface area contributed by atoms with Crippen molar-refractivity contribution < 1.29 is 29.3 Å². The summed E-state index contributed by atoms with van der Waals surface area (Å²) in [4.78, 5) is 27.1. The predicted molar refractivity (Wildman–Crippen MR) is 111 cm³/mol. The third-order valence-corrected chi connectivity index (χ3v) is 4.91. The SMILES string of the molecule is CCOc1cccc(/C(O)=C2\C(=O)C(=O)N(CCCOC)C2c2ccc(O)cc2)c1. The number of carbonyl (C=O) groups excluding carboxylic acids is 2. The van der Waals surface area contributed by atoms with Gasteiger partial charge in [0.1, 0.15) is 17.3 Å². The number of benzene rings is 2. The molecule has 0 spiro atoms. The van der Waals surface area contributed by atoms with Gasteiger partial charge in [-0.3, -0.25) is 9.59 Å². The van der Waals surface area contributed by atoms with Gasteiger partial charge in [0.25, 0.3) is 11.7 Å². The zero-order valence-electron chi connectivity index (χ0n) is 17.0. The molecule has 2 N–H and O–H groups in total. The van der Waals surface area contributed by atoms with Gasteiger partial charge < -0.3 is 24.6 Å². The van der Waals surface area contributed by atoms with Crippen LogP contribution in [0.4, 0.5) is 0 Å². The summed E-state index contributed by atoms with van der Waals surface area (Å²) in [6, 6.07) is 12.2. The Hall–Kier alpha value is -3.32. The van der Waals surface area contributed by atoms with Crippen molar-refractivity contribution in [1.82, 2.24) is 4.90 Å². The fourth-order valence-electron chi connectivity index (χ4n) is 3.55. The number of nitrogens with zero attached hydrogens (tertiary/aromatic N) is 1. The van der Waals surface area contributed by atoms with Crippen molar-refractivity contribution in [2.45, 2.75) is 19.4 Å². The summed E-state index contributed by atoms with van der Waals surface area (Å²) in [7, 11) is 1.57. The van der Waals surface area contributed by atoms with Crippen LogP contribution in [-0.4, -0.2) is 53.7 Å². The second kappa shape index (κ2) is 9.45. The van der Waals surface area contributed by atoms with Crippen molar-refractivity contribution in [3.05, 3.63) is 65.2 Å². The van der Waals surface area contributed by atoms with E-state index in [9.17, 15) is 19.8 Å². The zero-order chi connectivity index (χ0) is 21.7. The molecule has 1 atom stereocenters. The van der Waals surface area contributed by atoms with E-state index in [1.807, 2.05) is 6.92 Å². The predicted octanol–water partition coefficient (Wildman–Crippen LogP) is 3.25. The fourth-order valence-corrected chi connectivity index (χ4v) is 3.55. The number of phenols is 1. The second-order valence-corrected chi connectivity index (χ2v) is 6.89. The minimum Gasteiger partial charge on any atom is -0.508 e. The van der Waals surface area contributed by atoms with E-state index < -0.39 is 17.7 Å². The molecule has 1 heterocycles. The highest BCUT2D eigenvalue weighted by Gasteiger charge is 2.45. The number of hydrogen-bond acceptors (Lipinski definition) is 6. The lowest BCUT2D eigenvalue weighted by atomic mass is 9.95. The minimum absolute atomic E-state index is 0.0109. The number of aromatic hydroxyl groups is 1. The summed E-state index contributed by atoms with van der Waals surface area (Å²) in [5.74, 6) is -1.06. The van der Waals surface area contributed by atoms with Gasteiger partial charge in [-0.2, -0.15) is 0 Å². The average molecular weight is 411 g/mol. The van der Waals surface area contributed by atoms with Crippen LogP contribution in [0.15, 0.2) is 54.1 Å². The first-order chi connectivity index (χ1) is 14.5. The maximum absolute atomic E-state index is 12.9. The number of ketones is 1. The molecular formula is C23H25NO6. The summed E-state index contributed by atoms with van der Waals surface area (Å²) in [5.41, 5.74) is 1.02. The van der Waals surface area contributed by atoms with E-state index in [0.717, 1.165) is 0 Å². The van der Waals surface area contributed by atoms with Crippen LogP contribution in [0.25, 0.3) is 5.76 Å². The molecule has 1 fully saturated rings. The zero-order valence-corrected chi connectivity index (χ0v) is 17.0. The number of Topliss-reactive ketones (excluding diaryl/α,β-unsaturated/α-hetero) is 1. The largest absolute Gasteiger partial charge is 0.508 e. The number of aliphatic hydroxyl groups excluding tert-OH is 1. The van der Waals surface area contributed by atoms with Crippen molar-refractivity contribution in [1.29, 1.82) is 0 Å². The lowest BCUT2D eigenvalue weighted by Crippen LogP contribution is -2.31. The molecule has 158 valence electrons. The third-order valence-electron chi connectivity index (χ3n) is 4.91. The minimum atomic E-state index is -0.766. The molecule has 3 rings (SSSR count). The van der Waals surface area contributed by atoms with Gasteiger partial charge in [-0.25, -0.2) is 0 Å². The Kier molecular flexibility index (Phi) is 6.74. The van der Waals surface area contributed by atoms with Crippen molar-refractivity contribution in [3.8, 4) is 11.5 Å². The molecule has 1 saturated heterocycles. The lowest BCUT2D eigenvalue weighted by molar-refractivity contribution is -0.140. The average Bonchev–Trinajstić information content (AvgIpc) is 2.99. The molecule has 7 nitrogen and oxygen atoms in total. The highest BCUT2D eigenvalue weighted by molar-refractivity contribution is 6.46. The van der Waals surface area contributed by atoms with Crippen LogP contribution in [0.3, 0.4) is 0 Å². The Bertz CT molecular complexity index is 950. The third kappa shape index (κ3) is 4.31. The monoisotopic (exact) mass is 411 g/mol. The number of rotatable bonds is 8. The molecule has 1 unspecified atom stereocenters. The first-order valence-corrected chi connectivity index (χ1v) is 9.77. The Balaban J connectivity index is 2.10. The van der Waals surface area contributed by atoms with Gasteiger partial charge in [0, 0.05) is 25.8 Å². The van der Waals surface area contributed by atoms with Gasteiger partial charge in [0.15, 0.2) is 0 Å². The van der Waals surface area contributed by atoms with Crippen LogP contribution in [0.1, 0.15) is 30.5 Å². The molecule has 0 radical (unpaired) electrons. The van der Waals surface area contributed by atoms with Gasteiger partial charge in [0.2, 0.25) is 0 Å². The molecule has 1 aliphatic rings. The van der Waals surface area contributed by atoms with Crippen molar-refractivity contribution in [2.24, 2.45) is 0 Å². The van der Waals surface area contributed by atoms with Crippen LogP contribution in [0.5, 0.6) is 11.5 Å². The van der Waals surface area contributed by atoms with Crippen molar-refractivity contribution >= 4 is 17.4 Å². The Morgan fingerprint density at radius 3 is 2.53 bits per heavy atom. The van der Waals surface area contributed by atoms with Crippen molar-refractivity contribution in [3.63, 3.8) is 0 Å². The maximum atomic E-state index is 12.9. The maximum Gasteiger partial charge on any atom is 0.295 e. The van der Waals surface area contributed by atoms with Crippen LogP contribution in [0.2, 0.25) is 0 Å². The van der Waals surface area contributed by atoms with E-state index in [4.69, 9.17) is 9.47 Å². The van der Waals surface area contributed by atoms with E-state index in [1.165, 1.54) is 17.0 Å². The molecule has 1 aliphatic heterocycles. The molecule has 0 aliphatic carbocycles.